The Morgan fingerprint density at radius 1 is 0.432 bits per heavy atom. The van der Waals surface area contributed by atoms with Gasteiger partial charge in [0.05, 0.1) is 6.54 Å². The van der Waals surface area contributed by atoms with Crippen molar-refractivity contribution >= 4 is 0 Å². The molecule has 0 saturated heterocycles. The maximum absolute atomic E-state index is 5.52. The lowest BCUT2D eigenvalue weighted by molar-refractivity contribution is -0.370. The van der Waals surface area contributed by atoms with E-state index in [-0.39, 0.29) is 0 Å². The first kappa shape index (κ1) is 46.6. The van der Waals surface area contributed by atoms with Crippen molar-refractivity contribution in [2.24, 2.45) is 58.3 Å². The van der Waals surface area contributed by atoms with Crippen LogP contribution in [0.25, 0.3) is 0 Å². The van der Waals surface area contributed by atoms with E-state index in [9.17, 15) is 0 Å². The topological polar surface area (TPSA) is 158 Å². The average Bonchev–Trinajstić information content (AvgIpc) is 2.94. The summed E-state index contributed by atoms with van der Waals surface area (Å²) in [5.41, 5.74) is 30.8. The highest BCUT2D eigenvalue weighted by Crippen LogP contribution is 2.08. The van der Waals surface area contributed by atoms with Crippen LogP contribution < -0.4 is 34.4 Å². The van der Waals surface area contributed by atoms with Gasteiger partial charge in [-0.05, 0) is 81.6 Å². The fraction of sp³-hybridized carbons (Fsp3) is 1.00. The highest BCUT2D eigenvalue weighted by atomic mass is 14.6. The molecule has 5 atom stereocenters. The van der Waals surface area contributed by atoms with Crippen LogP contribution in [-0.2, 0) is 0 Å². The van der Waals surface area contributed by atoms with Gasteiger partial charge in [0.2, 0.25) is 0 Å². The van der Waals surface area contributed by atoms with Crippen molar-refractivity contribution in [2.75, 3.05) is 39.3 Å². The first-order chi connectivity index (χ1) is 17.7. The van der Waals surface area contributed by atoms with Gasteiger partial charge in [0.25, 0.3) is 0 Å². The van der Waals surface area contributed by atoms with Gasteiger partial charge < -0.3 is 34.4 Å². The monoisotopic (exact) mass is 536 g/mol. The summed E-state index contributed by atoms with van der Waals surface area (Å²) in [6.45, 7) is 24.9. The molecule has 0 aliphatic heterocycles. The van der Waals surface area contributed by atoms with E-state index in [1.807, 2.05) is 0 Å². The Morgan fingerprint density at radius 2 is 0.730 bits per heavy atom. The molecule has 37 heavy (non-hydrogen) atoms. The van der Waals surface area contributed by atoms with Gasteiger partial charge in [-0.3, -0.25) is 0 Å². The van der Waals surface area contributed by atoms with Crippen molar-refractivity contribution in [1.29, 1.82) is 0 Å². The molecule has 0 aliphatic carbocycles. The highest BCUT2D eigenvalue weighted by molar-refractivity contribution is 4.57. The molecule has 5 unspecified atom stereocenters. The molecule has 0 aromatic heterocycles. The lowest BCUT2D eigenvalue weighted by atomic mass is 10.0. The van der Waals surface area contributed by atoms with Crippen LogP contribution in [0.3, 0.4) is 0 Å². The third-order valence-corrected chi connectivity index (χ3v) is 7.06. The average molecular weight is 536 g/mol. The van der Waals surface area contributed by atoms with Gasteiger partial charge in [-0.1, -0.05) is 107 Å². The van der Waals surface area contributed by atoms with Crippen LogP contribution in [0.1, 0.15) is 133 Å². The van der Waals surface area contributed by atoms with Crippen LogP contribution in [0, 0.1) is 29.6 Å². The molecular weight excluding hydrogens is 456 g/mol. The summed E-state index contributed by atoms with van der Waals surface area (Å²) < 4.78 is 0. The van der Waals surface area contributed by atoms with Crippen molar-refractivity contribution in [3.05, 3.63) is 0 Å². The van der Waals surface area contributed by atoms with Gasteiger partial charge in [-0.25, -0.2) is 0 Å². The normalized spacial score (nSPS) is 14.0. The van der Waals surface area contributed by atoms with Gasteiger partial charge in [-0.15, -0.1) is 0 Å². The van der Waals surface area contributed by atoms with E-state index in [1.165, 1.54) is 70.6 Å². The number of rotatable bonds is 17. The molecule has 0 aromatic carbocycles. The Balaban J connectivity index is -0.000000116. The van der Waals surface area contributed by atoms with E-state index in [4.69, 9.17) is 28.7 Å². The number of hydrogen-bond donors (Lipinski definition) is 6. The summed E-state index contributed by atoms with van der Waals surface area (Å²) in [4.78, 5) is 0. The van der Waals surface area contributed by atoms with E-state index in [0.29, 0.717) is 11.8 Å². The van der Waals surface area contributed by atoms with Crippen LogP contribution in [0.5, 0.6) is 0 Å². The fourth-order valence-electron chi connectivity index (χ4n) is 3.20. The summed E-state index contributed by atoms with van der Waals surface area (Å²) in [6, 6.07) is 0. The quantitative estimate of drug-likeness (QED) is 0.144. The van der Waals surface area contributed by atoms with E-state index >= 15 is 0 Å². The zero-order valence-corrected chi connectivity index (χ0v) is 27.5. The van der Waals surface area contributed by atoms with E-state index < -0.39 is 0 Å². The van der Waals surface area contributed by atoms with Crippen LogP contribution in [-0.4, -0.2) is 39.3 Å². The molecular formula is C31H79N6+. The Hall–Kier alpha value is -0.240. The fourth-order valence-corrected chi connectivity index (χ4v) is 3.20. The van der Waals surface area contributed by atoms with Crippen molar-refractivity contribution in [3.63, 3.8) is 0 Å². The van der Waals surface area contributed by atoms with Crippen molar-refractivity contribution in [1.82, 2.24) is 0 Å². The Bertz CT molecular complexity index is 298. The second-order valence-electron chi connectivity index (χ2n) is 10.6. The molecule has 0 rings (SSSR count). The molecule has 232 valence electrons. The first-order valence-electron chi connectivity index (χ1n) is 16.0. The predicted octanol–water partition coefficient (Wildman–Crippen LogP) is 5.52. The second kappa shape index (κ2) is 42.8. The van der Waals surface area contributed by atoms with E-state index in [0.717, 1.165) is 57.0 Å². The van der Waals surface area contributed by atoms with Crippen LogP contribution >= 0.6 is 0 Å². The van der Waals surface area contributed by atoms with Crippen molar-refractivity contribution in [3.8, 4) is 0 Å². The third kappa shape index (κ3) is 46.0. The van der Waals surface area contributed by atoms with Gasteiger partial charge in [-0.2, -0.15) is 0 Å². The molecule has 0 fully saturated rings. The summed E-state index contributed by atoms with van der Waals surface area (Å²) in [6.07, 6.45) is 13.8. The maximum atomic E-state index is 5.52. The molecule has 0 amide bonds. The smallest absolute Gasteiger partial charge is 0.0742 e. The molecule has 0 heterocycles. The first-order valence-corrected chi connectivity index (χ1v) is 16.0. The maximum Gasteiger partial charge on any atom is 0.0742 e. The number of quaternary nitrogens is 1. The summed E-state index contributed by atoms with van der Waals surface area (Å²) in [5, 5.41) is 0. The molecule has 0 aromatic rings. The van der Waals surface area contributed by atoms with E-state index in [2.05, 4.69) is 68.0 Å². The molecule has 6 nitrogen and oxygen atoms in total. The van der Waals surface area contributed by atoms with Crippen LogP contribution in [0.15, 0.2) is 0 Å². The zero-order chi connectivity index (χ0) is 29.9. The molecule has 6 heteroatoms. The molecule has 0 radical (unpaired) electrons. The Kier molecular flexibility index (Phi) is 54.0. The molecule has 0 spiro atoms. The summed E-state index contributed by atoms with van der Waals surface area (Å²) in [5.74, 6) is 3.71. The highest BCUT2D eigenvalue weighted by Gasteiger charge is 2.03. The second-order valence-corrected chi connectivity index (χ2v) is 10.6. The summed E-state index contributed by atoms with van der Waals surface area (Å²) in [7, 11) is 0. The lowest BCUT2D eigenvalue weighted by Crippen LogP contribution is -2.51. The molecule has 13 N–H and O–H groups in total. The molecule has 0 saturated carbocycles. The predicted molar refractivity (Wildman–Crippen MR) is 172 cm³/mol. The largest absolute Gasteiger partial charge is 0.358 e. The van der Waals surface area contributed by atoms with E-state index in [1.54, 1.807) is 0 Å². The SMILES string of the molecule is CCC(C)CN.CCC(C)CN.CCCC(CC)CN.CCCC(CC)CN.CCCC(CN)CC[NH3+]. The van der Waals surface area contributed by atoms with Crippen LogP contribution in [0.4, 0.5) is 0 Å². The van der Waals surface area contributed by atoms with Crippen molar-refractivity contribution in [2.45, 2.75) is 133 Å². The standard InChI is InChI=1S/C7H18N2.2C7H17N.2C5H13N/c1-2-3-7(6-9)4-5-8;2*1-3-5-7(4-2)6-8;2*1-3-5(2)4-6/h7H,2-6,8-9H2,1H3;2*7H,3-6,8H2,1-2H3;2*5H,3-4,6H2,1-2H3/p+1. The minimum Gasteiger partial charge on any atom is -0.358 e. The zero-order valence-electron chi connectivity index (χ0n) is 27.5. The van der Waals surface area contributed by atoms with Gasteiger partial charge in [0, 0.05) is 6.42 Å². The third-order valence-electron chi connectivity index (χ3n) is 7.06. The van der Waals surface area contributed by atoms with Gasteiger partial charge in [0.15, 0.2) is 0 Å². The van der Waals surface area contributed by atoms with Crippen molar-refractivity contribution < 1.29 is 5.73 Å². The summed E-state index contributed by atoms with van der Waals surface area (Å²) >= 11 is 0. The number of hydrogen-bond acceptors (Lipinski definition) is 5. The Labute approximate surface area is 236 Å². The minimum absolute atomic E-state index is 0.713. The number of nitrogens with two attached hydrogens (primary N) is 5. The Morgan fingerprint density at radius 3 is 0.838 bits per heavy atom. The van der Waals surface area contributed by atoms with Gasteiger partial charge >= 0.3 is 0 Å². The molecule has 0 aliphatic rings. The van der Waals surface area contributed by atoms with Crippen LogP contribution in [0.2, 0.25) is 0 Å². The van der Waals surface area contributed by atoms with Gasteiger partial charge in [0.1, 0.15) is 0 Å². The lowest BCUT2D eigenvalue weighted by Gasteiger charge is -2.09. The minimum atomic E-state index is 0.713. The molecule has 0 bridgehead atoms.